The lowest BCUT2D eigenvalue weighted by atomic mass is 10.1. The van der Waals surface area contributed by atoms with Gasteiger partial charge in [0.05, 0.1) is 11.5 Å². The molecular formula is C21H19N3O5S. The van der Waals surface area contributed by atoms with Crippen LogP contribution in [0.5, 0.6) is 11.5 Å². The van der Waals surface area contributed by atoms with Gasteiger partial charge < -0.3 is 14.8 Å². The molecule has 154 valence electrons. The number of ether oxygens (including phenoxy) is 2. The molecule has 0 heterocycles. The van der Waals surface area contributed by atoms with Crippen LogP contribution in [0.1, 0.15) is 12.5 Å². The Morgan fingerprint density at radius 3 is 2.47 bits per heavy atom. The van der Waals surface area contributed by atoms with Gasteiger partial charge in [0.15, 0.2) is 11.5 Å². The molecule has 0 aliphatic heterocycles. The molecule has 0 unspecified atom stereocenters. The fraction of sp³-hybridized carbons (Fsp3) is 0.143. The summed E-state index contributed by atoms with van der Waals surface area (Å²) < 4.78 is 33.5. The molecule has 2 aromatic carbocycles. The molecule has 8 nitrogen and oxygen atoms in total. The van der Waals surface area contributed by atoms with Gasteiger partial charge in [-0.25, -0.2) is 13.6 Å². The number of primary sulfonamides is 1. The van der Waals surface area contributed by atoms with Crippen LogP contribution in [0.25, 0.3) is 6.08 Å². The van der Waals surface area contributed by atoms with Crippen LogP contribution in [0.3, 0.4) is 0 Å². The summed E-state index contributed by atoms with van der Waals surface area (Å²) in [5.41, 5.74) is 0.689. The standard InChI is InChI=1S/C21H19N3O5S/c1-3-11-29-19-10-5-15(13-20(19)28-4-2)12-16(14-22)21(25)24-17-6-8-18(9-7-17)30(23,26)27/h1,5-10,12-13H,4,11H2,2H3,(H,24,25)(H2,23,26,27)/b16-12+. The summed E-state index contributed by atoms with van der Waals surface area (Å²) >= 11 is 0. The smallest absolute Gasteiger partial charge is 0.266 e. The largest absolute Gasteiger partial charge is 0.490 e. The van der Waals surface area contributed by atoms with E-state index in [9.17, 15) is 18.5 Å². The summed E-state index contributed by atoms with van der Waals surface area (Å²) in [6.07, 6.45) is 6.59. The molecule has 0 spiro atoms. The van der Waals surface area contributed by atoms with Gasteiger partial charge in [-0.05, 0) is 55.0 Å². The van der Waals surface area contributed by atoms with Crippen molar-refractivity contribution in [2.45, 2.75) is 11.8 Å². The highest BCUT2D eigenvalue weighted by Gasteiger charge is 2.13. The van der Waals surface area contributed by atoms with Crippen LogP contribution in [0, 0.1) is 23.7 Å². The van der Waals surface area contributed by atoms with E-state index in [0.717, 1.165) is 0 Å². The number of carbonyl (C=O) groups is 1. The highest BCUT2D eigenvalue weighted by Crippen LogP contribution is 2.29. The Labute approximate surface area is 175 Å². The summed E-state index contributed by atoms with van der Waals surface area (Å²) in [5.74, 6) is 2.58. The van der Waals surface area contributed by atoms with E-state index in [4.69, 9.17) is 21.0 Å². The minimum Gasteiger partial charge on any atom is -0.490 e. The lowest BCUT2D eigenvalue weighted by Crippen LogP contribution is -2.14. The van der Waals surface area contributed by atoms with E-state index in [1.807, 2.05) is 13.0 Å². The van der Waals surface area contributed by atoms with Crippen molar-refractivity contribution in [3.05, 3.63) is 53.6 Å². The van der Waals surface area contributed by atoms with Crippen LogP contribution in [0.4, 0.5) is 5.69 Å². The number of terminal acetylenes is 1. The number of anilines is 1. The van der Waals surface area contributed by atoms with E-state index >= 15 is 0 Å². The number of rotatable bonds is 8. The predicted molar refractivity (Wildman–Crippen MR) is 112 cm³/mol. The van der Waals surface area contributed by atoms with Gasteiger partial charge in [-0.3, -0.25) is 4.79 Å². The summed E-state index contributed by atoms with van der Waals surface area (Å²) in [6, 6.07) is 12.0. The molecule has 0 saturated carbocycles. The van der Waals surface area contributed by atoms with Gasteiger partial charge in [0.25, 0.3) is 5.91 Å². The number of nitrogens with one attached hydrogen (secondary N) is 1. The lowest BCUT2D eigenvalue weighted by Gasteiger charge is -2.11. The van der Waals surface area contributed by atoms with E-state index in [1.54, 1.807) is 18.2 Å². The van der Waals surface area contributed by atoms with Crippen molar-refractivity contribution in [1.82, 2.24) is 0 Å². The first-order valence-corrected chi connectivity index (χ1v) is 10.2. The number of sulfonamides is 1. The van der Waals surface area contributed by atoms with E-state index < -0.39 is 15.9 Å². The maximum absolute atomic E-state index is 12.4. The van der Waals surface area contributed by atoms with Crippen LogP contribution in [-0.4, -0.2) is 27.5 Å². The molecule has 2 aromatic rings. The van der Waals surface area contributed by atoms with Crippen LogP contribution >= 0.6 is 0 Å². The molecule has 0 bridgehead atoms. The molecule has 0 aliphatic carbocycles. The molecule has 3 N–H and O–H groups in total. The van der Waals surface area contributed by atoms with Gasteiger partial charge in [-0.15, -0.1) is 6.42 Å². The zero-order valence-electron chi connectivity index (χ0n) is 16.1. The number of amides is 1. The molecule has 9 heteroatoms. The zero-order valence-corrected chi connectivity index (χ0v) is 16.9. The first kappa shape index (κ1) is 22.5. The fourth-order valence-electron chi connectivity index (χ4n) is 2.36. The first-order valence-electron chi connectivity index (χ1n) is 8.67. The average Bonchev–Trinajstić information content (AvgIpc) is 2.71. The van der Waals surface area contributed by atoms with E-state index in [2.05, 4.69) is 11.2 Å². The van der Waals surface area contributed by atoms with Crippen molar-refractivity contribution in [3.8, 4) is 29.9 Å². The SMILES string of the molecule is C#CCOc1ccc(/C=C(\C#N)C(=O)Nc2ccc(S(N)(=O)=O)cc2)cc1OCC. The van der Waals surface area contributed by atoms with Gasteiger partial charge >= 0.3 is 0 Å². The number of hydrogen-bond donors (Lipinski definition) is 2. The van der Waals surface area contributed by atoms with Gasteiger partial charge in [0.1, 0.15) is 18.2 Å². The fourth-order valence-corrected chi connectivity index (χ4v) is 2.88. The van der Waals surface area contributed by atoms with Crippen molar-refractivity contribution in [1.29, 1.82) is 5.26 Å². The molecule has 0 saturated heterocycles. The van der Waals surface area contributed by atoms with E-state index in [1.165, 1.54) is 30.3 Å². The van der Waals surface area contributed by atoms with E-state index in [0.29, 0.717) is 29.4 Å². The Morgan fingerprint density at radius 2 is 1.90 bits per heavy atom. The molecule has 2 rings (SSSR count). The highest BCUT2D eigenvalue weighted by atomic mass is 32.2. The van der Waals surface area contributed by atoms with Crippen molar-refractivity contribution < 1.29 is 22.7 Å². The van der Waals surface area contributed by atoms with Crippen LogP contribution < -0.4 is 19.9 Å². The number of benzene rings is 2. The molecule has 0 aliphatic rings. The highest BCUT2D eigenvalue weighted by molar-refractivity contribution is 7.89. The third kappa shape index (κ3) is 6.11. The minimum atomic E-state index is -3.84. The summed E-state index contributed by atoms with van der Waals surface area (Å²) in [7, 11) is -3.84. The molecule has 0 aromatic heterocycles. The Hall–Kier alpha value is -3.79. The molecular weight excluding hydrogens is 406 g/mol. The third-order valence-corrected chi connectivity index (χ3v) is 4.62. The maximum atomic E-state index is 12.4. The maximum Gasteiger partial charge on any atom is 0.266 e. The normalized spacial score (nSPS) is 11.1. The molecule has 0 fully saturated rings. The number of hydrogen-bond acceptors (Lipinski definition) is 6. The Bertz CT molecular complexity index is 1140. The topological polar surface area (TPSA) is 132 Å². The van der Waals surface area contributed by atoms with Gasteiger partial charge in [-0.1, -0.05) is 12.0 Å². The average molecular weight is 425 g/mol. The second kappa shape index (κ2) is 10.1. The second-order valence-electron chi connectivity index (χ2n) is 5.83. The second-order valence-corrected chi connectivity index (χ2v) is 7.39. The number of nitrogens with two attached hydrogens (primary N) is 1. The van der Waals surface area contributed by atoms with Crippen LogP contribution in [0.2, 0.25) is 0 Å². The van der Waals surface area contributed by atoms with Crippen molar-refractivity contribution in [2.75, 3.05) is 18.5 Å². The number of carbonyl (C=O) groups excluding carboxylic acids is 1. The number of nitrogens with zero attached hydrogens (tertiary/aromatic N) is 1. The van der Waals surface area contributed by atoms with Crippen molar-refractivity contribution >= 4 is 27.7 Å². The Balaban J connectivity index is 2.24. The number of nitriles is 1. The van der Waals surface area contributed by atoms with Crippen LogP contribution in [0.15, 0.2) is 52.9 Å². The summed E-state index contributed by atoms with van der Waals surface area (Å²) in [5, 5.41) is 16.9. The molecule has 30 heavy (non-hydrogen) atoms. The zero-order chi connectivity index (χ0) is 22.1. The van der Waals surface area contributed by atoms with Crippen LogP contribution in [-0.2, 0) is 14.8 Å². The Morgan fingerprint density at radius 1 is 1.20 bits per heavy atom. The summed E-state index contributed by atoms with van der Waals surface area (Å²) in [6.45, 7) is 2.27. The molecule has 0 radical (unpaired) electrons. The monoisotopic (exact) mass is 425 g/mol. The summed E-state index contributed by atoms with van der Waals surface area (Å²) in [4.78, 5) is 12.3. The van der Waals surface area contributed by atoms with E-state index in [-0.39, 0.29) is 17.1 Å². The predicted octanol–water partition coefficient (Wildman–Crippen LogP) is 2.29. The van der Waals surface area contributed by atoms with Gasteiger partial charge in [-0.2, -0.15) is 5.26 Å². The Kier molecular flexibility index (Phi) is 7.59. The molecule has 0 atom stereocenters. The van der Waals surface area contributed by atoms with Crippen molar-refractivity contribution in [3.63, 3.8) is 0 Å². The minimum absolute atomic E-state index is 0.0748. The van der Waals surface area contributed by atoms with Crippen molar-refractivity contribution in [2.24, 2.45) is 5.14 Å². The third-order valence-electron chi connectivity index (χ3n) is 3.70. The quantitative estimate of drug-likeness (QED) is 0.379. The van der Waals surface area contributed by atoms with Gasteiger partial charge in [0, 0.05) is 5.69 Å². The first-order chi connectivity index (χ1) is 14.3. The molecule has 1 amide bonds. The lowest BCUT2D eigenvalue weighted by molar-refractivity contribution is -0.112. The van der Waals surface area contributed by atoms with Gasteiger partial charge in [0.2, 0.25) is 10.0 Å².